The molecule has 0 aliphatic rings. The zero-order valence-corrected chi connectivity index (χ0v) is 32.7. The molecule has 0 saturated carbocycles. The minimum absolute atomic E-state index is 0.134. The van der Waals surface area contributed by atoms with Crippen LogP contribution in [0.3, 0.4) is 0 Å². The number of benzene rings is 2. The number of carbonyl (C=O) groups excluding carboxylic acids is 5. The minimum Gasteiger partial charge on any atom is -0.480 e. The van der Waals surface area contributed by atoms with Crippen LogP contribution in [0.4, 0.5) is 4.79 Å². The van der Waals surface area contributed by atoms with Gasteiger partial charge in [-0.15, -0.1) is 0 Å². The number of aliphatic carboxylic acids is 1. The maximum absolute atomic E-state index is 15.0. The number of ether oxygens (including phenoxy) is 1. The third kappa shape index (κ3) is 13.6. The van der Waals surface area contributed by atoms with Crippen LogP contribution in [0, 0.1) is 11.8 Å². The standard InChI is InChI=1S/C40H55N7O9/c1-7-24(2)33(38(53)54)46-35(50)29(22-43-25(3)48)34(49)32(19-27-16-12-9-13-17-27)47(39(55)56-40(4,5)6)37(52)31(20-28-21-42-23-44-28)45-36(51)30(41)18-26-14-10-8-11-15-26/h8-17,21,23-24,29-34,49H,7,18-20,22,41H2,1-6H3,(H,42,44)(H,43,48)(H,45,51)(H,46,50)(H,53,54)/t24-,29?,30-,31-,32-,33-,34?/m0/s1. The summed E-state index contributed by atoms with van der Waals surface area (Å²) in [4.78, 5) is 89.0. The van der Waals surface area contributed by atoms with Crippen molar-refractivity contribution in [1.82, 2.24) is 30.8 Å². The van der Waals surface area contributed by atoms with Crippen molar-refractivity contribution in [1.29, 1.82) is 0 Å². The molecule has 0 bridgehead atoms. The van der Waals surface area contributed by atoms with E-state index in [0.29, 0.717) is 22.6 Å². The van der Waals surface area contributed by atoms with E-state index in [1.807, 2.05) is 6.07 Å². The molecule has 0 aliphatic carbocycles. The van der Waals surface area contributed by atoms with Gasteiger partial charge < -0.3 is 41.6 Å². The van der Waals surface area contributed by atoms with E-state index in [-0.39, 0.29) is 19.3 Å². The Hall–Kier alpha value is -5.61. The van der Waals surface area contributed by atoms with Crippen LogP contribution < -0.4 is 21.7 Å². The van der Waals surface area contributed by atoms with E-state index in [9.17, 15) is 39.0 Å². The van der Waals surface area contributed by atoms with Gasteiger partial charge in [-0.3, -0.25) is 19.2 Å². The Morgan fingerprint density at radius 2 is 1.50 bits per heavy atom. The topological polar surface area (TPSA) is 246 Å². The molecule has 304 valence electrons. The summed E-state index contributed by atoms with van der Waals surface area (Å²) in [7, 11) is 0. The number of carboxylic acid groups (broad SMARTS) is 1. The number of nitrogens with two attached hydrogens (primary N) is 1. The number of rotatable bonds is 19. The van der Waals surface area contributed by atoms with E-state index in [4.69, 9.17) is 10.5 Å². The molecule has 0 fully saturated rings. The Kier molecular flexibility index (Phi) is 16.7. The second kappa shape index (κ2) is 20.9. The van der Waals surface area contributed by atoms with Crippen LogP contribution in [-0.4, -0.2) is 103 Å². The number of aromatic amines is 1. The van der Waals surface area contributed by atoms with E-state index in [1.54, 1.807) is 89.2 Å². The predicted molar refractivity (Wildman–Crippen MR) is 207 cm³/mol. The molecule has 3 rings (SSSR count). The van der Waals surface area contributed by atoms with E-state index in [2.05, 4.69) is 25.9 Å². The molecule has 0 radical (unpaired) electrons. The lowest BCUT2D eigenvalue weighted by molar-refractivity contribution is -0.147. The van der Waals surface area contributed by atoms with Crippen LogP contribution in [0.15, 0.2) is 73.2 Å². The number of aromatic nitrogens is 2. The number of hydrogen-bond donors (Lipinski definition) is 7. The molecule has 2 unspecified atom stereocenters. The van der Waals surface area contributed by atoms with Crippen LogP contribution in [0.2, 0.25) is 0 Å². The lowest BCUT2D eigenvalue weighted by Gasteiger charge is -2.39. The van der Waals surface area contributed by atoms with Crippen LogP contribution in [-0.2, 0) is 48.0 Å². The number of aliphatic hydroxyl groups excluding tert-OH is 1. The zero-order valence-electron chi connectivity index (χ0n) is 32.7. The van der Waals surface area contributed by atoms with Gasteiger partial charge in [-0.25, -0.2) is 19.5 Å². The molecule has 0 saturated heterocycles. The summed E-state index contributed by atoms with van der Waals surface area (Å²) in [6.07, 6.45) is -0.144. The van der Waals surface area contributed by atoms with Gasteiger partial charge in [0.15, 0.2) is 0 Å². The fourth-order valence-electron chi connectivity index (χ4n) is 5.97. The lowest BCUT2D eigenvalue weighted by atomic mass is 9.88. The Bertz CT molecular complexity index is 1750. The first kappa shape index (κ1) is 44.8. The lowest BCUT2D eigenvalue weighted by Crippen LogP contribution is -2.63. The van der Waals surface area contributed by atoms with Gasteiger partial charge in [-0.2, -0.15) is 0 Å². The van der Waals surface area contributed by atoms with Crippen molar-refractivity contribution in [3.8, 4) is 0 Å². The van der Waals surface area contributed by atoms with Gasteiger partial charge in [0.05, 0.1) is 36.1 Å². The highest BCUT2D eigenvalue weighted by Gasteiger charge is 2.45. The molecule has 16 nitrogen and oxygen atoms in total. The highest BCUT2D eigenvalue weighted by atomic mass is 16.6. The van der Waals surface area contributed by atoms with Gasteiger partial charge in [0, 0.05) is 26.1 Å². The molecule has 8 N–H and O–H groups in total. The molecular formula is C40H55N7O9. The molecule has 16 heteroatoms. The quantitative estimate of drug-likeness (QED) is 0.0929. The zero-order chi connectivity index (χ0) is 41.6. The fraction of sp³-hybridized carbons (Fsp3) is 0.475. The average molecular weight is 778 g/mol. The Morgan fingerprint density at radius 3 is 2.00 bits per heavy atom. The number of carboxylic acids is 1. The maximum atomic E-state index is 15.0. The maximum Gasteiger partial charge on any atom is 0.417 e. The van der Waals surface area contributed by atoms with Crippen molar-refractivity contribution in [3.05, 3.63) is 90.0 Å². The van der Waals surface area contributed by atoms with Gasteiger partial charge >= 0.3 is 12.1 Å². The van der Waals surface area contributed by atoms with E-state index >= 15 is 0 Å². The van der Waals surface area contributed by atoms with Gasteiger partial charge in [0.1, 0.15) is 17.7 Å². The molecule has 5 amide bonds. The number of H-pyrrole nitrogens is 1. The number of nitrogens with one attached hydrogen (secondary N) is 4. The first-order chi connectivity index (χ1) is 26.4. The first-order valence-electron chi connectivity index (χ1n) is 18.5. The molecular weight excluding hydrogens is 722 g/mol. The molecule has 7 atom stereocenters. The summed E-state index contributed by atoms with van der Waals surface area (Å²) in [5.74, 6) is -6.63. The smallest absolute Gasteiger partial charge is 0.417 e. The van der Waals surface area contributed by atoms with Crippen molar-refractivity contribution in [2.24, 2.45) is 17.6 Å². The number of imide groups is 1. The van der Waals surface area contributed by atoms with Crippen LogP contribution in [0.25, 0.3) is 0 Å². The molecule has 0 aliphatic heterocycles. The van der Waals surface area contributed by atoms with Crippen LogP contribution >= 0.6 is 0 Å². The Balaban J connectivity index is 2.18. The summed E-state index contributed by atoms with van der Waals surface area (Å²) in [6.45, 7) is 8.84. The van der Waals surface area contributed by atoms with Crippen LogP contribution in [0.5, 0.6) is 0 Å². The number of amides is 5. The van der Waals surface area contributed by atoms with E-state index in [1.165, 1.54) is 19.4 Å². The molecule has 56 heavy (non-hydrogen) atoms. The number of hydrogen-bond acceptors (Lipinski definition) is 10. The third-order valence-corrected chi connectivity index (χ3v) is 9.16. The van der Waals surface area contributed by atoms with Crippen molar-refractivity contribution in [2.45, 2.75) is 103 Å². The first-order valence-corrected chi connectivity index (χ1v) is 18.5. The second-order valence-electron chi connectivity index (χ2n) is 14.8. The SMILES string of the molecule is CC[C@H](C)[C@H](NC(=O)C(CNC(C)=O)C(O)[C@H](Cc1ccccc1)N(C(=O)OC(C)(C)C)C(=O)[C@H](Cc1c[nH]cn1)NC(=O)[C@@H](N)Cc1ccccc1)C(=O)O. The number of carbonyl (C=O) groups is 6. The highest BCUT2D eigenvalue weighted by Crippen LogP contribution is 2.24. The largest absolute Gasteiger partial charge is 0.480 e. The van der Waals surface area contributed by atoms with Crippen LogP contribution in [0.1, 0.15) is 64.8 Å². The molecule has 2 aromatic carbocycles. The molecule has 1 aromatic heterocycles. The molecule has 1 heterocycles. The normalized spacial score (nSPS) is 15.1. The number of aliphatic hydroxyl groups is 1. The monoisotopic (exact) mass is 777 g/mol. The Morgan fingerprint density at radius 1 is 0.911 bits per heavy atom. The summed E-state index contributed by atoms with van der Waals surface area (Å²) in [6, 6.07) is 12.0. The van der Waals surface area contributed by atoms with Gasteiger partial charge in [0.2, 0.25) is 17.7 Å². The summed E-state index contributed by atoms with van der Waals surface area (Å²) >= 11 is 0. The summed E-state index contributed by atoms with van der Waals surface area (Å²) in [5.41, 5.74) is 6.81. The summed E-state index contributed by atoms with van der Waals surface area (Å²) in [5, 5.41) is 29.9. The predicted octanol–water partition coefficient (Wildman–Crippen LogP) is 2.11. The second-order valence-corrected chi connectivity index (χ2v) is 14.8. The van der Waals surface area contributed by atoms with Gasteiger partial charge in [-0.05, 0) is 50.7 Å². The minimum atomic E-state index is -1.92. The molecule has 3 aromatic rings. The highest BCUT2D eigenvalue weighted by molar-refractivity contribution is 5.98. The fourth-order valence-corrected chi connectivity index (χ4v) is 5.97. The van der Waals surface area contributed by atoms with Crippen molar-refractivity contribution in [3.63, 3.8) is 0 Å². The molecule has 0 spiro atoms. The average Bonchev–Trinajstić information content (AvgIpc) is 3.66. The van der Waals surface area contributed by atoms with E-state index < -0.39 is 89.9 Å². The van der Waals surface area contributed by atoms with Crippen molar-refractivity contribution >= 4 is 35.7 Å². The third-order valence-electron chi connectivity index (χ3n) is 9.16. The van der Waals surface area contributed by atoms with Gasteiger partial charge in [-0.1, -0.05) is 80.9 Å². The summed E-state index contributed by atoms with van der Waals surface area (Å²) < 4.78 is 5.73. The number of imidazole rings is 1. The number of nitrogens with zero attached hydrogens (tertiary/aromatic N) is 2. The van der Waals surface area contributed by atoms with Crippen molar-refractivity contribution < 1.29 is 43.7 Å². The van der Waals surface area contributed by atoms with E-state index in [0.717, 1.165) is 5.56 Å². The van der Waals surface area contributed by atoms with Crippen molar-refractivity contribution in [2.75, 3.05) is 6.54 Å². The Labute approximate surface area is 327 Å². The van der Waals surface area contributed by atoms with Gasteiger partial charge in [0.25, 0.3) is 5.91 Å².